The van der Waals surface area contributed by atoms with Crippen LogP contribution in [0.25, 0.3) is 22.6 Å². The number of carbonyl (C=O) groups is 1. The largest absolute Gasteiger partial charge is 0.497 e. The quantitative estimate of drug-likeness (QED) is 0.482. The first-order valence-corrected chi connectivity index (χ1v) is 9.65. The van der Waals surface area contributed by atoms with Gasteiger partial charge >= 0.3 is 5.69 Å². The highest BCUT2D eigenvalue weighted by Gasteiger charge is 2.24. The number of carbonyl (C=O) groups excluding carboxylic acids is 1. The summed E-state index contributed by atoms with van der Waals surface area (Å²) >= 11 is 0. The van der Waals surface area contributed by atoms with E-state index in [0.717, 1.165) is 10.3 Å². The van der Waals surface area contributed by atoms with Crippen LogP contribution in [0.4, 0.5) is 0 Å². The lowest BCUT2D eigenvalue weighted by Crippen LogP contribution is -2.42. The molecule has 0 saturated carbocycles. The topological polar surface area (TPSA) is 102 Å². The number of ether oxygens (including phenoxy) is 2. The molecule has 162 valence electrons. The van der Waals surface area contributed by atoms with Crippen molar-refractivity contribution in [2.75, 3.05) is 14.2 Å². The average Bonchev–Trinajstić information content (AvgIpc) is 3.26. The molecule has 4 aromatic rings. The number of methoxy groups -OCH3 is 2. The minimum Gasteiger partial charge on any atom is -0.497 e. The first-order valence-electron chi connectivity index (χ1n) is 9.65. The summed E-state index contributed by atoms with van der Waals surface area (Å²) in [7, 11) is 4.66. The average molecular weight is 425 g/mol. The highest BCUT2D eigenvalue weighted by Crippen LogP contribution is 2.31. The van der Waals surface area contributed by atoms with Crippen LogP contribution in [0.2, 0.25) is 0 Å². The lowest BCUT2D eigenvalue weighted by atomic mass is 10.2. The van der Waals surface area contributed by atoms with E-state index in [4.69, 9.17) is 9.47 Å². The van der Waals surface area contributed by atoms with Gasteiger partial charge in [0.25, 0.3) is 5.56 Å². The zero-order chi connectivity index (χ0) is 22.6. The summed E-state index contributed by atoms with van der Waals surface area (Å²) < 4.78 is 16.5. The molecule has 1 aromatic carbocycles. The second kappa shape index (κ2) is 7.15. The number of benzene rings is 1. The van der Waals surface area contributed by atoms with Gasteiger partial charge in [0.2, 0.25) is 5.78 Å². The number of aromatic nitrogens is 5. The first kappa shape index (κ1) is 20.5. The zero-order valence-electron chi connectivity index (χ0n) is 18.2. The fourth-order valence-corrected chi connectivity index (χ4v) is 3.77. The van der Waals surface area contributed by atoms with Gasteiger partial charge in [-0.05, 0) is 32.9 Å². The van der Waals surface area contributed by atoms with Crippen molar-refractivity contribution in [3.8, 4) is 17.2 Å². The van der Waals surface area contributed by atoms with E-state index < -0.39 is 17.3 Å². The van der Waals surface area contributed by atoms with E-state index in [2.05, 4.69) is 4.98 Å². The van der Waals surface area contributed by atoms with Crippen LogP contribution in [0.15, 0.2) is 34.0 Å². The van der Waals surface area contributed by atoms with E-state index in [0.29, 0.717) is 23.0 Å². The number of rotatable bonds is 5. The zero-order valence-corrected chi connectivity index (χ0v) is 18.2. The number of hydrogen-bond donors (Lipinski definition) is 0. The number of hydrogen-bond acceptors (Lipinski definition) is 6. The standard InChI is InChI=1S/C21H23N5O5/c1-11-10-24-17-18(23(4)21(29)26(19(17)28)12(2)13(3)27)22-20(24)25(11)15-8-7-14(30-5)9-16(15)31-6/h7-10,12H,1-6H3/t12-/m0/s1. The molecule has 3 heterocycles. The Kier molecular flexibility index (Phi) is 4.72. The molecule has 0 aliphatic heterocycles. The molecular weight excluding hydrogens is 402 g/mol. The number of aryl methyl sites for hydroxylation is 2. The summed E-state index contributed by atoms with van der Waals surface area (Å²) in [6.07, 6.45) is 1.77. The van der Waals surface area contributed by atoms with Gasteiger partial charge in [-0.15, -0.1) is 0 Å². The molecule has 0 bridgehead atoms. The van der Waals surface area contributed by atoms with Crippen LogP contribution in [-0.4, -0.2) is 43.1 Å². The number of ketones is 1. The summed E-state index contributed by atoms with van der Waals surface area (Å²) in [6, 6.07) is 4.50. The van der Waals surface area contributed by atoms with Crippen LogP contribution in [0.1, 0.15) is 25.6 Å². The predicted molar refractivity (Wildman–Crippen MR) is 115 cm³/mol. The molecule has 0 N–H and O–H groups in total. The van der Waals surface area contributed by atoms with Crippen LogP contribution in [0.3, 0.4) is 0 Å². The van der Waals surface area contributed by atoms with E-state index in [1.165, 1.54) is 25.5 Å². The third-order valence-corrected chi connectivity index (χ3v) is 5.58. The highest BCUT2D eigenvalue weighted by atomic mass is 16.5. The number of Topliss-reactive ketones (excluding diaryl/α,β-unsaturated/α-hetero) is 1. The molecule has 0 amide bonds. The first-order chi connectivity index (χ1) is 14.7. The number of nitrogens with zero attached hydrogens (tertiary/aromatic N) is 5. The van der Waals surface area contributed by atoms with Crippen molar-refractivity contribution in [1.29, 1.82) is 0 Å². The maximum absolute atomic E-state index is 13.3. The van der Waals surface area contributed by atoms with E-state index in [9.17, 15) is 14.4 Å². The monoisotopic (exact) mass is 425 g/mol. The van der Waals surface area contributed by atoms with Gasteiger partial charge in [-0.25, -0.2) is 9.36 Å². The highest BCUT2D eigenvalue weighted by molar-refractivity contribution is 5.81. The van der Waals surface area contributed by atoms with Gasteiger partial charge in [-0.3, -0.25) is 23.1 Å². The van der Waals surface area contributed by atoms with Crippen molar-refractivity contribution in [3.63, 3.8) is 0 Å². The Labute approximate surface area is 176 Å². The van der Waals surface area contributed by atoms with Gasteiger partial charge in [0.1, 0.15) is 11.5 Å². The van der Waals surface area contributed by atoms with Gasteiger partial charge in [-0.1, -0.05) is 0 Å². The van der Waals surface area contributed by atoms with Crippen molar-refractivity contribution in [2.24, 2.45) is 7.05 Å². The predicted octanol–water partition coefficient (Wildman–Crippen LogP) is 1.61. The molecule has 0 radical (unpaired) electrons. The fraction of sp³-hybridized carbons (Fsp3) is 0.333. The van der Waals surface area contributed by atoms with Crippen molar-refractivity contribution in [2.45, 2.75) is 26.8 Å². The van der Waals surface area contributed by atoms with Crippen LogP contribution in [0.5, 0.6) is 11.5 Å². The molecule has 0 unspecified atom stereocenters. The Morgan fingerprint density at radius 3 is 2.48 bits per heavy atom. The molecule has 10 heteroatoms. The molecule has 0 aliphatic rings. The van der Waals surface area contributed by atoms with E-state index in [1.807, 2.05) is 17.6 Å². The maximum Gasteiger partial charge on any atom is 0.333 e. The molecular formula is C21H23N5O5. The summed E-state index contributed by atoms with van der Waals surface area (Å²) in [4.78, 5) is 42.6. The fourth-order valence-electron chi connectivity index (χ4n) is 3.77. The third kappa shape index (κ3) is 2.86. The van der Waals surface area contributed by atoms with Crippen LogP contribution < -0.4 is 20.7 Å². The van der Waals surface area contributed by atoms with Gasteiger partial charge in [0.05, 0.1) is 25.9 Å². The molecule has 0 saturated heterocycles. The normalized spacial score (nSPS) is 12.5. The molecule has 0 spiro atoms. The summed E-state index contributed by atoms with van der Waals surface area (Å²) in [5, 5.41) is 0. The molecule has 10 nitrogen and oxygen atoms in total. The Balaban J connectivity index is 2.12. The second-order valence-corrected chi connectivity index (χ2v) is 7.40. The smallest absolute Gasteiger partial charge is 0.333 e. The number of imidazole rings is 2. The molecule has 3 aromatic heterocycles. The summed E-state index contributed by atoms with van der Waals surface area (Å²) in [5.41, 5.74) is 0.803. The van der Waals surface area contributed by atoms with E-state index >= 15 is 0 Å². The maximum atomic E-state index is 13.3. The van der Waals surface area contributed by atoms with Gasteiger partial charge in [0, 0.05) is 25.0 Å². The molecule has 0 fully saturated rings. The summed E-state index contributed by atoms with van der Waals surface area (Å²) in [6.45, 7) is 4.76. The van der Waals surface area contributed by atoms with Crippen molar-refractivity contribution >= 4 is 22.7 Å². The molecule has 0 aliphatic carbocycles. The van der Waals surface area contributed by atoms with E-state index in [-0.39, 0.29) is 16.9 Å². The van der Waals surface area contributed by atoms with Gasteiger partial charge < -0.3 is 9.47 Å². The number of fused-ring (bicyclic) bond motifs is 3. The minimum atomic E-state index is -0.883. The van der Waals surface area contributed by atoms with E-state index in [1.54, 1.807) is 36.9 Å². The van der Waals surface area contributed by atoms with Gasteiger partial charge in [-0.2, -0.15) is 4.98 Å². The minimum absolute atomic E-state index is 0.222. The van der Waals surface area contributed by atoms with Crippen molar-refractivity contribution in [1.82, 2.24) is 23.1 Å². The van der Waals surface area contributed by atoms with Crippen LogP contribution in [0, 0.1) is 6.92 Å². The Hall–Kier alpha value is -3.82. The summed E-state index contributed by atoms with van der Waals surface area (Å²) in [5.74, 6) is 1.36. The molecule has 4 rings (SSSR count). The lowest BCUT2D eigenvalue weighted by Gasteiger charge is -2.13. The SMILES string of the molecule is COc1ccc(-n2c(C)cn3c4c(=O)n([C@@H](C)C(C)=O)c(=O)n(C)c4nc23)c(OC)c1. The third-order valence-electron chi connectivity index (χ3n) is 5.58. The van der Waals surface area contributed by atoms with Gasteiger partial charge in [0.15, 0.2) is 16.9 Å². The molecule has 1 atom stereocenters. The van der Waals surface area contributed by atoms with Crippen molar-refractivity contribution < 1.29 is 14.3 Å². The molecule has 31 heavy (non-hydrogen) atoms. The van der Waals surface area contributed by atoms with Crippen LogP contribution in [-0.2, 0) is 11.8 Å². The Morgan fingerprint density at radius 1 is 1.16 bits per heavy atom. The second-order valence-electron chi connectivity index (χ2n) is 7.40. The Morgan fingerprint density at radius 2 is 1.87 bits per heavy atom. The van der Waals surface area contributed by atoms with Crippen LogP contribution >= 0.6 is 0 Å². The van der Waals surface area contributed by atoms with Crippen molar-refractivity contribution in [3.05, 3.63) is 50.9 Å². The lowest BCUT2D eigenvalue weighted by molar-refractivity contribution is -0.119. The Bertz CT molecular complexity index is 1470.